The summed E-state index contributed by atoms with van der Waals surface area (Å²) in [5, 5.41) is 1.30. The summed E-state index contributed by atoms with van der Waals surface area (Å²) in [6, 6.07) is 19.3. The number of hydrogen-bond donors (Lipinski definition) is 0. The van der Waals surface area contributed by atoms with Gasteiger partial charge in [0.25, 0.3) is 0 Å². The van der Waals surface area contributed by atoms with E-state index in [1.54, 1.807) is 0 Å². The highest BCUT2D eigenvalue weighted by Crippen LogP contribution is 2.13. The van der Waals surface area contributed by atoms with Crippen molar-refractivity contribution in [3.63, 3.8) is 0 Å². The second-order valence-electron chi connectivity index (χ2n) is 4.26. The van der Waals surface area contributed by atoms with Gasteiger partial charge in [0.15, 0.2) is 0 Å². The Morgan fingerprint density at radius 2 is 1.65 bits per heavy atom. The molecule has 0 aliphatic heterocycles. The Morgan fingerprint density at radius 1 is 1.05 bits per heavy atom. The standard InChI is InChI=1S/C17H17NO2/c1-15(19)18(17-12-6-3-7-13-17)20-14-8-11-16-9-4-2-5-10-16/h2-13H,14H2,1H3/b11-8+. The van der Waals surface area contributed by atoms with E-state index in [1.165, 1.54) is 12.0 Å². The monoisotopic (exact) mass is 267 g/mol. The number of hydrogen-bond acceptors (Lipinski definition) is 2. The van der Waals surface area contributed by atoms with E-state index in [-0.39, 0.29) is 5.91 Å². The van der Waals surface area contributed by atoms with Gasteiger partial charge in [-0.1, -0.05) is 60.7 Å². The number of rotatable bonds is 5. The van der Waals surface area contributed by atoms with Gasteiger partial charge in [-0.2, -0.15) is 5.06 Å². The Hall–Kier alpha value is -2.39. The second kappa shape index (κ2) is 7.26. The fourth-order valence-electron chi connectivity index (χ4n) is 1.78. The van der Waals surface area contributed by atoms with Crippen LogP contribution in [-0.2, 0) is 9.63 Å². The summed E-state index contributed by atoms with van der Waals surface area (Å²) in [6.07, 6.45) is 3.84. The van der Waals surface area contributed by atoms with Crippen LogP contribution in [0.3, 0.4) is 0 Å². The van der Waals surface area contributed by atoms with Gasteiger partial charge in [0.2, 0.25) is 5.91 Å². The molecule has 0 aliphatic carbocycles. The summed E-state index contributed by atoms with van der Waals surface area (Å²) in [4.78, 5) is 17.1. The normalized spacial score (nSPS) is 10.7. The number of carbonyl (C=O) groups excluding carboxylic acids is 1. The molecule has 0 aromatic heterocycles. The molecule has 0 bridgehead atoms. The van der Waals surface area contributed by atoms with Crippen LogP contribution in [0.15, 0.2) is 66.7 Å². The van der Waals surface area contributed by atoms with Gasteiger partial charge in [-0.05, 0) is 17.7 Å². The van der Waals surface area contributed by atoms with Gasteiger partial charge >= 0.3 is 0 Å². The molecule has 20 heavy (non-hydrogen) atoms. The molecular formula is C17H17NO2. The molecule has 1 amide bonds. The smallest absolute Gasteiger partial charge is 0.247 e. The first-order valence-electron chi connectivity index (χ1n) is 6.47. The molecule has 0 saturated heterocycles. The molecule has 0 saturated carbocycles. The molecule has 102 valence electrons. The minimum Gasteiger partial charge on any atom is -0.273 e. The second-order valence-corrected chi connectivity index (χ2v) is 4.26. The summed E-state index contributed by atoms with van der Waals surface area (Å²) < 4.78 is 0. The van der Waals surface area contributed by atoms with E-state index < -0.39 is 0 Å². The average molecular weight is 267 g/mol. The lowest BCUT2D eigenvalue weighted by Gasteiger charge is -2.19. The van der Waals surface area contributed by atoms with E-state index in [1.807, 2.05) is 72.8 Å². The highest BCUT2D eigenvalue weighted by molar-refractivity contribution is 5.89. The van der Waals surface area contributed by atoms with Gasteiger partial charge in [-0.15, -0.1) is 0 Å². The predicted octanol–water partition coefficient (Wildman–Crippen LogP) is 3.68. The highest BCUT2D eigenvalue weighted by atomic mass is 16.7. The maximum atomic E-state index is 11.6. The molecule has 2 rings (SSSR count). The lowest BCUT2D eigenvalue weighted by Crippen LogP contribution is -2.28. The van der Waals surface area contributed by atoms with E-state index in [0.717, 1.165) is 11.3 Å². The number of amides is 1. The third kappa shape index (κ3) is 4.07. The molecule has 2 aromatic rings. The number of nitrogens with zero attached hydrogens (tertiary/aromatic N) is 1. The predicted molar refractivity (Wildman–Crippen MR) is 81.0 cm³/mol. The van der Waals surface area contributed by atoms with Gasteiger partial charge in [0.1, 0.15) is 0 Å². The third-order valence-electron chi connectivity index (χ3n) is 2.69. The van der Waals surface area contributed by atoms with Crippen molar-refractivity contribution in [1.82, 2.24) is 0 Å². The third-order valence-corrected chi connectivity index (χ3v) is 2.69. The van der Waals surface area contributed by atoms with Crippen LogP contribution < -0.4 is 5.06 Å². The number of para-hydroxylation sites is 1. The minimum absolute atomic E-state index is 0.149. The Labute approximate surface area is 119 Å². The van der Waals surface area contributed by atoms with Crippen molar-refractivity contribution in [3.8, 4) is 0 Å². The van der Waals surface area contributed by atoms with Crippen molar-refractivity contribution in [2.75, 3.05) is 11.7 Å². The summed E-state index contributed by atoms with van der Waals surface area (Å²) in [5.74, 6) is -0.149. The van der Waals surface area contributed by atoms with E-state index in [0.29, 0.717) is 6.61 Å². The number of anilines is 1. The Kier molecular flexibility index (Phi) is 5.09. The van der Waals surface area contributed by atoms with E-state index >= 15 is 0 Å². The van der Waals surface area contributed by atoms with Crippen molar-refractivity contribution in [3.05, 3.63) is 72.3 Å². The van der Waals surface area contributed by atoms with Crippen molar-refractivity contribution in [2.45, 2.75) is 6.92 Å². The first-order valence-corrected chi connectivity index (χ1v) is 6.47. The summed E-state index contributed by atoms with van der Waals surface area (Å²) >= 11 is 0. The van der Waals surface area contributed by atoms with Crippen LogP contribution in [0.2, 0.25) is 0 Å². The maximum absolute atomic E-state index is 11.6. The molecule has 0 atom stereocenters. The quantitative estimate of drug-likeness (QED) is 0.773. The Bertz CT molecular complexity index is 564. The first kappa shape index (κ1) is 14.0. The summed E-state index contributed by atoms with van der Waals surface area (Å²) in [5.41, 5.74) is 1.83. The molecule has 0 fully saturated rings. The molecule has 0 N–H and O–H groups in total. The van der Waals surface area contributed by atoms with Crippen LogP contribution in [0.25, 0.3) is 6.08 Å². The fourth-order valence-corrected chi connectivity index (χ4v) is 1.78. The lowest BCUT2D eigenvalue weighted by atomic mass is 10.2. The van der Waals surface area contributed by atoms with Crippen molar-refractivity contribution in [1.29, 1.82) is 0 Å². The van der Waals surface area contributed by atoms with Gasteiger partial charge in [0, 0.05) is 6.92 Å². The number of hydroxylamine groups is 1. The van der Waals surface area contributed by atoms with Crippen LogP contribution >= 0.6 is 0 Å². The zero-order chi connectivity index (χ0) is 14.2. The number of benzene rings is 2. The Balaban J connectivity index is 1.94. The Morgan fingerprint density at radius 3 is 2.25 bits per heavy atom. The zero-order valence-electron chi connectivity index (χ0n) is 11.4. The van der Waals surface area contributed by atoms with Crippen LogP contribution in [0.1, 0.15) is 12.5 Å². The molecule has 0 unspecified atom stereocenters. The molecular weight excluding hydrogens is 250 g/mol. The maximum Gasteiger partial charge on any atom is 0.247 e. The minimum atomic E-state index is -0.149. The molecule has 0 aliphatic rings. The largest absolute Gasteiger partial charge is 0.273 e. The molecule has 3 nitrogen and oxygen atoms in total. The molecule has 0 radical (unpaired) electrons. The first-order chi connectivity index (χ1) is 9.77. The zero-order valence-corrected chi connectivity index (χ0v) is 11.4. The fraction of sp³-hybridized carbons (Fsp3) is 0.118. The van der Waals surface area contributed by atoms with Crippen molar-refractivity contribution in [2.24, 2.45) is 0 Å². The van der Waals surface area contributed by atoms with E-state index in [9.17, 15) is 4.79 Å². The topological polar surface area (TPSA) is 29.5 Å². The average Bonchev–Trinajstić information content (AvgIpc) is 2.49. The van der Waals surface area contributed by atoms with Gasteiger partial charge in [0.05, 0.1) is 12.3 Å². The van der Waals surface area contributed by atoms with Crippen molar-refractivity contribution < 1.29 is 9.63 Å². The summed E-state index contributed by atoms with van der Waals surface area (Å²) in [6.45, 7) is 1.82. The van der Waals surface area contributed by atoms with E-state index in [4.69, 9.17) is 4.84 Å². The van der Waals surface area contributed by atoms with Crippen LogP contribution in [0.4, 0.5) is 5.69 Å². The molecule has 0 spiro atoms. The SMILES string of the molecule is CC(=O)N(OC/C=C/c1ccccc1)c1ccccc1. The van der Waals surface area contributed by atoms with Gasteiger partial charge in [-0.3, -0.25) is 9.63 Å². The van der Waals surface area contributed by atoms with E-state index in [2.05, 4.69) is 0 Å². The van der Waals surface area contributed by atoms with Crippen LogP contribution in [0.5, 0.6) is 0 Å². The lowest BCUT2D eigenvalue weighted by molar-refractivity contribution is -0.123. The highest BCUT2D eigenvalue weighted by Gasteiger charge is 2.10. The molecule has 0 heterocycles. The van der Waals surface area contributed by atoms with Crippen LogP contribution in [-0.4, -0.2) is 12.5 Å². The van der Waals surface area contributed by atoms with Gasteiger partial charge < -0.3 is 0 Å². The van der Waals surface area contributed by atoms with Crippen LogP contribution in [0, 0.1) is 0 Å². The van der Waals surface area contributed by atoms with Gasteiger partial charge in [-0.25, -0.2) is 0 Å². The number of carbonyl (C=O) groups is 1. The molecule has 2 aromatic carbocycles. The summed E-state index contributed by atoms with van der Waals surface area (Å²) in [7, 11) is 0. The van der Waals surface area contributed by atoms with Crippen molar-refractivity contribution >= 4 is 17.7 Å². The molecule has 3 heteroatoms.